The first-order valence-corrected chi connectivity index (χ1v) is 6.07. The Morgan fingerprint density at radius 3 is 3.00 bits per heavy atom. The number of hydrogen-bond acceptors (Lipinski definition) is 4. The van der Waals surface area contributed by atoms with Gasteiger partial charge in [0.05, 0.1) is 18.6 Å². The van der Waals surface area contributed by atoms with Gasteiger partial charge in [0.25, 0.3) is 0 Å². The van der Waals surface area contributed by atoms with Crippen molar-refractivity contribution in [3.8, 4) is 0 Å². The molecule has 0 fully saturated rings. The van der Waals surface area contributed by atoms with Crippen LogP contribution in [-0.2, 0) is 17.8 Å². The van der Waals surface area contributed by atoms with Crippen molar-refractivity contribution in [1.29, 1.82) is 0 Å². The Kier molecular flexibility index (Phi) is 6.84. The Hall–Kier alpha value is -0.910. The molecule has 5 nitrogen and oxygen atoms in total. The highest BCUT2D eigenvalue weighted by Gasteiger charge is 1.98. The van der Waals surface area contributed by atoms with Crippen molar-refractivity contribution in [3.63, 3.8) is 0 Å². The molecule has 0 saturated carbocycles. The van der Waals surface area contributed by atoms with E-state index in [9.17, 15) is 0 Å². The van der Waals surface area contributed by atoms with E-state index >= 15 is 0 Å². The lowest BCUT2D eigenvalue weighted by Gasteiger charge is -2.08. The quantitative estimate of drug-likeness (QED) is 0.641. The number of ether oxygens (including phenoxy) is 1. The van der Waals surface area contributed by atoms with Crippen molar-refractivity contribution in [2.45, 2.75) is 19.5 Å². The lowest BCUT2D eigenvalue weighted by atomic mass is 10.4. The molecule has 0 spiro atoms. The zero-order chi connectivity index (χ0) is 12.5. The Morgan fingerprint density at radius 1 is 1.47 bits per heavy atom. The van der Waals surface area contributed by atoms with Crippen LogP contribution in [0.1, 0.15) is 12.1 Å². The normalized spacial score (nSPS) is 11.3. The van der Waals surface area contributed by atoms with Crippen molar-refractivity contribution < 1.29 is 4.74 Å². The highest BCUT2D eigenvalue weighted by atomic mass is 16.5. The van der Waals surface area contributed by atoms with Crippen LogP contribution in [0.3, 0.4) is 0 Å². The van der Waals surface area contributed by atoms with E-state index in [2.05, 4.69) is 40.1 Å². The van der Waals surface area contributed by atoms with E-state index in [1.807, 2.05) is 6.33 Å². The molecule has 1 N–H and O–H groups in total. The summed E-state index contributed by atoms with van der Waals surface area (Å²) in [4.78, 5) is 6.56. The first-order valence-electron chi connectivity index (χ1n) is 6.07. The van der Waals surface area contributed by atoms with Crippen molar-refractivity contribution >= 4 is 0 Å². The number of rotatable bonds is 9. The number of nitrogens with zero attached hydrogens (tertiary/aromatic N) is 3. The van der Waals surface area contributed by atoms with Crippen LogP contribution >= 0.6 is 0 Å². The third-order valence-electron chi connectivity index (χ3n) is 2.50. The maximum absolute atomic E-state index is 4.97. The standard InChI is InChI=1S/C12H24N4O/c1-15(2)6-4-7-16-10-12(14-11-16)9-13-5-8-17-3/h10-11,13H,4-9H2,1-3H3. The summed E-state index contributed by atoms with van der Waals surface area (Å²) in [6.45, 7) is 4.56. The molecular weight excluding hydrogens is 216 g/mol. The minimum atomic E-state index is 0.740. The van der Waals surface area contributed by atoms with Crippen molar-refractivity contribution in [3.05, 3.63) is 18.2 Å². The summed E-state index contributed by atoms with van der Waals surface area (Å²) in [7, 11) is 5.90. The van der Waals surface area contributed by atoms with Gasteiger partial charge in [-0.25, -0.2) is 4.98 Å². The first kappa shape index (κ1) is 14.2. The van der Waals surface area contributed by atoms with Crippen molar-refractivity contribution in [1.82, 2.24) is 19.8 Å². The van der Waals surface area contributed by atoms with Crippen LogP contribution in [0.15, 0.2) is 12.5 Å². The summed E-state index contributed by atoms with van der Waals surface area (Å²) in [6.07, 6.45) is 5.17. The van der Waals surface area contributed by atoms with E-state index in [-0.39, 0.29) is 0 Å². The number of imidazole rings is 1. The van der Waals surface area contributed by atoms with Crippen LogP contribution in [0.2, 0.25) is 0 Å². The Morgan fingerprint density at radius 2 is 2.29 bits per heavy atom. The largest absolute Gasteiger partial charge is 0.383 e. The van der Waals surface area contributed by atoms with Gasteiger partial charge in [-0.1, -0.05) is 0 Å². The number of nitrogens with one attached hydrogen (secondary N) is 1. The molecule has 0 aromatic carbocycles. The molecule has 1 aromatic heterocycles. The molecule has 0 radical (unpaired) electrons. The van der Waals surface area contributed by atoms with E-state index in [0.717, 1.165) is 44.9 Å². The zero-order valence-electron chi connectivity index (χ0n) is 11.1. The van der Waals surface area contributed by atoms with Crippen molar-refractivity contribution in [2.24, 2.45) is 0 Å². The van der Waals surface area contributed by atoms with Gasteiger partial charge in [0.1, 0.15) is 0 Å². The molecule has 0 unspecified atom stereocenters. The number of methoxy groups -OCH3 is 1. The third-order valence-corrected chi connectivity index (χ3v) is 2.50. The number of aryl methyl sites for hydroxylation is 1. The molecule has 0 aliphatic carbocycles. The van der Waals surface area contributed by atoms with E-state index in [1.54, 1.807) is 7.11 Å². The summed E-state index contributed by atoms with van der Waals surface area (Å²) in [5, 5.41) is 3.28. The fraction of sp³-hybridized carbons (Fsp3) is 0.750. The van der Waals surface area contributed by atoms with Crippen molar-refractivity contribution in [2.75, 3.05) is 40.9 Å². The van der Waals surface area contributed by atoms with E-state index < -0.39 is 0 Å². The second kappa shape index (κ2) is 8.22. The lowest BCUT2D eigenvalue weighted by molar-refractivity contribution is 0.199. The molecule has 0 amide bonds. The maximum atomic E-state index is 4.97. The molecule has 0 bridgehead atoms. The smallest absolute Gasteiger partial charge is 0.0949 e. The van der Waals surface area contributed by atoms with Gasteiger partial charge in [0.2, 0.25) is 0 Å². The van der Waals surface area contributed by atoms with Crippen LogP contribution in [-0.4, -0.2) is 55.4 Å². The molecule has 98 valence electrons. The molecular formula is C12H24N4O. The highest BCUT2D eigenvalue weighted by Crippen LogP contribution is 1.98. The summed E-state index contributed by atoms with van der Waals surface area (Å²) in [5.74, 6) is 0. The molecule has 1 aromatic rings. The molecule has 1 rings (SSSR count). The van der Waals surface area contributed by atoms with E-state index in [0.29, 0.717) is 0 Å². The molecule has 17 heavy (non-hydrogen) atoms. The SMILES string of the molecule is COCCNCc1cn(CCCN(C)C)cn1. The Balaban J connectivity index is 2.18. The van der Waals surface area contributed by atoms with E-state index in [4.69, 9.17) is 4.74 Å². The zero-order valence-corrected chi connectivity index (χ0v) is 11.1. The average Bonchev–Trinajstić information content (AvgIpc) is 2.72. The third kappa shape index (κ3) is 6.41. The van der Waals surface area contributed by atoms with Gasteiger partial charge >= 0.3 is 0 Å². The van der Waals surface area contributed by atoms with Gasteiger partial charge < -0.3 is 19.5 Å². The molecule has 0 aliphatic heterocycles. The molecule has 0 atom stereocenters. The minimum absolute atomic E-state index is 0.740. The monoisotopic (exact) mass is 240 g/mol. The van der Waals surface area contributed by atoms with Crippen LogP contribution < -0.4 is 5.32 Å². The number of hydrogen-bond donors (Lipinski definition) is 1. The molecule has 5 heteroatoms. The second-order valence-electron chi connectivity index (χ2n) is 4.43. The lowest BCUT2D eigenvalue weighted by Crippen LogP contribution is -2.18. The first-order chi connectivity index (χ1) is 8.22. The highest BCUT2D eigenvalue weighted by molar-refractivity contribution is 4.96. The predicted molar refractivity (Wildman–Crippen MR) is 69.0 cm³/mol. The fourth-order valence-corrected chi connectivity index (χ4v) is 1.58. The fourth-order valence-electron chi connectivity index (χ4n) is 1.58. The summed E-state index contributed by atoms with van der Waals surface area (Å²) < 4.78 is 7.12. The van der Waals surface area contributed by atoms with Gasteiger partial charge in [-0.2, -0.15) is 0 Å². The van der Waals surface area contributed by atoms with Gasteiger partial charge in [-0.15, -0.1) is 0 Å². The van der Waals surface area contributed by atoms with Crippen LogP contribution in [0.25, 0.3) is 0 Å². The van der Waals surface area contributed by atoms with Crippen LogP contribution in [0.4, 0.5) is 0 Å². The van der Waals surface area contributed by atoms with Gasteiger partial charge in [-0.05, 0) is 27.1 Å². The molecule has 0 saturated heterocycles. The minimum Gasteiger partial charge on any atom is -0.383 e. The average molecular weight is 240 g/mol. The topological polar surface area (TPSA) is 42.3 Å². The number of aromatic nitrogens is 2. The predicted octanol–water partition coefficient (Wildman–Crippen LogP) is 0.571. The summed E-state index contributed by atoms with van der Waals surface area (Å²) in [6, 6.07) is 0. The molecule has 1 heterocycles. The Labute approximate surface area is 104 Å². The van der Waals surface area contributed by atoms with Crippen LogP contribution in [0, 0.1) is 0 Å². The summed E-state index contributed by atoms with van der Waals surface area (Å²) >= 11 is 0. The Bertz CT molecular complexity index is 298. The summed E-state index contributed by atoms with van der Waals surface area (Å²) in [5.41, 5.74) is 1.09. The van der Waals surface area contributed by atoms with Gasteiger partial charge in [0, 0.05) is 32.9 Å². The molecule has 0 aliphatic rings. The second-order valence-corrected chi connectivity index (χ2v) is 4.43. The maximum Gasteiger partial charge on any atom is 0.0949 e. The van der Waals surface area contributed by atoms with Gasteiger partial charge in [0.15, 0.2) is 0 Å². The van der Waals surface area contributed by atoms with Gasteiger partial charge in [-0.3, -0.25) is 0 Å². The van der Waals surface area contributed by atoms with E-state index in [1.165, 1.54) is 0 Å². The van der Waals surface area contributed by atoms with Crippen LogP contribution in [0.5, 0.6) is 0 Å².